The Bertz CT molecular complexity index is 809. The zero-order chi connectivity index (χ0) is 16.2. The van der Waals surface area contributed by atoms with E-state index in [1.54, 1.807) is 23.1 Å². The summed E-state index contributed by atoms with van der Waals surface area (Å²) in [6.07, 6.45) is 1.58. The molecule has 0 bridgehead atoms. The molecular formula is C17H15ClN4O. The van der Waals surface area contributed by atoms with Crippen molar-refractivity contribution in [3.05, 3.63) is 76.6 Å². The molecule has 23 heavy (non-hydrogen) atoms. The molecule has 1 amide bonds. The number of halogens is 1. The number of hydrogen-bond acceptors (Lipinski definition) is 3. The van der Waals surface area contributed by atoms with E-state index in [1.165, 1.54) is 0 Å². The second-order valence-corrected chi connectivity index (χ2v) is 5.65. The van der Waals surface area contributed by atoms with Gasteiger partial charge >= 0.3 is 0 Å². The molecule has 0 radical (unpaired) electrons. The molecule has 1 N–H and O–H groups in total. The lowest BCUT2D eigenvalue weighted by atomic mass is 10.1. The maximum atomic E-state index is 12.1. The van der Waals surface area contributed by atoms with Gasteiger partial charge in [-0.2, -0.15) is 0 Å². The first-order valence-corrected chi connectivity index (χ1v) is 7.50. The Kier molecular flexibility index (Phi) is 4.39. The largest absolute Gasteiger partial charge is 0.289 e. The number of nitrogens with zero attached hydrogens (tertiary/aromatic N) is 3. The Hall–Kier alpha value is -2.66. The molecule has 0 spiro atoms. The van der Waals surface area contributed by atoms with E-state index in [1.807, 2.05) is 43.3 Å². The minimum Gasteiger partial charge on any atom is -0.289 e. The van der Waals surface area contributed by atoms with E-state index >= 15 is 0 Å². The van der Waals surface area contributed by atoms with E-state index in [2.05, 4.69) is 15.4 Å². The maximum absolute atomic E-state index is 12.1. The standard InChI is InChI=1S/C17H15ClN4O/c1-12-2-6-14(7-3-12)16(23)20-17-19-11-22(21-17)10-13-4-8-15(18)9-5-13/h2-9,11H,10H2,1H3,(H,20,21,23). The smallest absolute Gasteiger partial charge is 0.258 e. The van der Waals surface area contributed by atoms with Gasteiger partial charge in [-0.15, -0.1) is 5.10 Å². The minimum absolute atomic E-state index is 0.228. The van der Waals surface area contributed by atoms with E-state index in [0.29, 0.717) is 17.1 Å². The zero-order valence-electron chi connectivity index (χ0n) is 12.5. The summed E-state index contributed by atoms with van der Waals surface area (Å²) in [5, 5.41) is 7.63. The normalized spacial score (nSPS) is 10.5. The van der Waals surface area contributed by atoms with Crippen LogP contribution in [0.5, 0.6) is 0 Å². The van der Waals surface area contributed by atoms with Crippen molar-refractivity contribution in [1.29, 1.82) is 0 Å². The van der Waals surface area contributed by atoms with Gasteiger partial charge in [-0.05, 0) is 36.8 Å². The van der Waals surface area contributed by atoms with E-state index in [0.717, 1.165) is 11.1 Å². The lowest BCUT2D eigenvalue weighted by Gasteiger charge is -2.02. The van der Waals surface area contributed by atoms with Crippen molar-refractivity contribution in [3.8, 4) is 0 Å². The summed E-state index contributed by atoms with van der Waals surface area (Å²) in [5.74, 6) is 0.0544. The molecule has 3 rings (SSSR count). The zero-order valence-corrected chi connectivity index (χ0v) is 13.3. The highest BCUT2D eigenvalue weighted by Gasteiger charge is 2.09. The van der Waals surface area contributed by atoms with Crippen molar-refractivity contribution in [3.63, 3.8) is 0 Å². The van der Waals surface area contributed by atoms with Crippen LogP contribution in [-0.2, 0) is 6.54 Å². The van der Waals surface area contributed by atoms with Crippen LogP contribution in [0.4, 0.5) is 5.95 Å². The third-order valence-corrected chi connectivity index (χ3v) is 3.59. The number of aromatic nitrogens is 3. The molecule has 2 aromatic carbocycles. The lowest BCUT2D eigenvalue weighted by molar-refractivity contribution is 0.102. The molecule has 0 aliphatic heterocycles. The number of amides is 1. The van der Waals surface area contributed by atoms with E-state index in [-0.39, 0.29) is 11.9 Å². The molecule has 116 valence electrons. The minimum atomic E-state index is -0.228. The Labute approximate surface area is 138 Å². The molecule has 0 saturated carbocycles. The number of benzene rings is 2. The van der Waals surface area contributed by atoms with Gasteiger partial charge in [-0.1, -0.05) is 41.4 Å². The second-order valence-electron chi connectivity index (χ2n) is 5.21. The fourth-order valence-corrected chi connectivity index (χ4v) is 2.21. The maximum Gasteiger partial charge on any atom is 0.258 e. The van der Waals surface area contributed by atoms with E-state index < -0.39 is 0 Å². The van der Waals surface area contributed by atoms with Crippen LogP contribution >= 0.6 is 11.6 Å². The average molecular weight is 327 g/mol. The van der Waals surface area contributed by atoms with Crippen LogP contribution in [0.1, 0.15) is 21.5 Å². The first-order valence-electron chi connectivity index (χ1n) is 7.12. The molecule has 1 heterocycles. The van der Waals surface area contributed by atoms with Crippen molar-refractivity contribution in [1.82, 2.24) is 14.8 Å². The number of anilines is 1. The highest BCUT2D eigenvalue weighted by molar-refractivity contribution is 6.30. The van der Waals surface area contributed by atoms with Crippen LogP contribution in [0.25, 0.3) is 0 Å². The molecule has 0 unspecified atom stereocenters. The topological polar surface area (TPSA) is 59.8 Å². The third-order valence-electron chi connectivity index (χ3n) is 3.33. The van der Waals surface area contributed by atoms with Gasteiger partial charge in [-0.25, -0.2) is 9.67 Å². The number of carbonyl (C=O) groups is 1. The van der Waals surface area contributed by atoms with Crippen molar-refractivity contribution < 1.29 is 4.79 Å². The lowest BCUT2D eigenvalue weighted by Crippen LogP contribution is -2.13. The van der Waals surface area contributed by atoms with Gasteiger partial charge in [0.2, 0.25) is 5.95 Å². The first kappa shape index (κ1) is 15.2. The van der Waals surface area contributed by atoms with Crippen LogP contribution in [0.3, 0.4) is 0 Å². The molecule has 6 heteroatoms. The van der Waals surface area contributed by atoms with E-state index in [4.69, 9.17) is 11.6 Å². The molecule has 0 saturated heterocycles. The predicted molar refractivity (Wildman–Crippen MR) is 89.7 cm³/mol. The first-order chi connectivity index (χ1) is 11.1. The summed E-state index contributed by atoms with van der Waals surface area (Å²) in [4.78, 5) is 16.2. The molecule has 0 fully saturated rings. The fourth-order valence-electron chi connectivity index (χ4n) is 2.08. The summed E-state index contributed by atoms with van der Waals surface area (Å²) in [6, 6.07) is 14.8. The van der Waals surface area contributed by atoms with Gasteiger partial charge < -0.3 is 0 Å². The Morgan fingerprint density at radius 1 is 1.13 bits per heavy atom. The summed E-state index contributed by atoms with van der Waals surface area (Å²) in [6.45, 7) is 2.53. The van der Waals surface area contributed by atoms with Crippen molar-refractivity contribution in [2.75, 3.05) is 5.32 Å². The molecule has 0 aliphatic carbocycles. The van der Waals surface area contributed by atoms with Crippen LogP contribution in [-0.4, -0.2) is 20.7 Å². The molecule has 1 aromatic heterocycles. The molecular weight excluding hydrogens is 312 g/mol. The van der Waals surface area contributed by atoms with Crippen LogP contribution in [0, 0.1) is 6.92 Å². The van der Waals surface area contributed by atoms with Gasteiger partial charge in [-0.3, -0.25) is 10.1 Å². The number of rotatable bonds is 4. The van der Waals surface area contributed by atoms with Crippen molar-refractivity contribution in [2.24, 2.45) is 0 Å². The Morgan fingerprint density at radius 2 is 1.83 bits per heavy atom. The highest BCUT2D eigenvalue weighted by atomic mass is 35.5. The second kappa shape index (κ2) is 6.62. The van der Waals surface area contributed by atoms with Crippen LogP contribution < -0.4 is 5.32 Å². The van der Waals surface area contributed by atoms with Gasteiger partial charge in [0.1, 0.15) is 6.33 Å². The SMILES string of the molecule is Cc1ccc(C(=O)Nc2ncn(Cc3ccc(Cl)cc3)n2)cc1. The van der Waals surface area contributed by atoms with Crippen LogP contribution in [0.2, 0.25) is 5.02 Å². The van der Waals surface area contributed by atoms with Gasteiger partial charge in [0.05, 0.1) is 6.54 Å². The van der Waals surface area contributed by atoms with Gasteiger partial charge in [0.25, 0.3) is 5.91 Å². The van der Waals surface area contributed by atoms with E-state index in [9.17, 15) is 4.79 Å². The third kappa shape index (κ3) is 3.96. The van der Waals surface area contributed by atoms with Gasteiger partial charge in [0.15, 0.2) is 0 Å². The number of carbonyl (C=O) groups excluding carboxylic acids is 1. The summed E-state index contributed by atoms with van der Waals surface area (Å²) in [7, 11) is 0. The predicted octanol–water partition coefficient (Wildman–Crippen LogP) is 3.54. The number of hydrogen-bond donors (Lipinski definition) is 1. The number of aryl methyl sites for hydroxylation is 1. The Morgan fingerprint density at radius 3 is 2.52 bits per heavy atom. The highest BCUT2D eigenvalue weighted by Crippen LogP contribution is 2.11. The fraction of sp³-hybridized carbons (Fsp3) is 0.118. The van der Waals surface area contributed by atoms with Crippen molar-refractivity contribution >= 4 is 23.5 Å². The molecule has 3 aromatic rings. The summed E-state index contributed by atoms with van der Waals surface area (Å²) < 4.78 is 1.66. The molecule has 0 atom stereocenters. The monoisotopic (exact) mass is 326 g/mol. The Balaban J connectivity index is 1.66. The summed E-state index contributed by atoms with van der Waals surface area (Å²) in [5.41, 5.74) is 2.73. The number of nitrogens with one attached hydrogen (secondary N) is 1. The van der Waals surface area contributed by atoms with Crippen LogP contribution in [0.15, 0.2) is 54.9 Å². The quantitative estimate of drug-likeness (QED) is 0.797. The molecule has 5 nitrogen and oxygen atoms in total. The average Bonchev–Trinajstić information content (AvgIpc) is 2.97. The van der Waals surface area contributed by atoms with Crippen molar-refractivity contribution in [2.45, 2.75) is 13.5 Å². The molecule has 0 aliphatic rings. The summed E-state index contributed by atoms with van der Waals surface area (Å²) >= 11 is 5.86. The van der Waals surface area contributed by atoms with Gasteiger partial charge in [0, 0.05) is 10.6 Å².